The van der Waals surface area contributed by atoms with Crippen molar-refractivity contribution in [3.8, 4) is 0 Å². The van der Waals surface area contributed by atoms with E-state index in [1.165, 1.54) is 0 Å². The molecule has 0 aliphatic heterocycles. The topological polar surface area (TPSA) is 45.8 Å². The summed E-state index contributed by atoms with van der Waals surface area (Å²) < 4.78 is 61.9. The first-order chi connectivity index (χ1) is 8.29. The zero-order valence-electron chi connectivity index (χ0n) is 8.55. The summed E-state index contributed by atoms with van der Waals surface area (Å²) in [6.07, 6.45) is -7.66. The van der Waals surface area contributed by atoms with Crippen LogP contribution in [0.25, 0.3) is 11.0 Å². The van der Waals surface area contributed by atoms with Crippen LogP contribution in [0.15, 0.2) is 23.0 Å². The van der Waals surface area contributed by atoms with Gasteiger partial charge in [-0.05, 0) is 18.2 Å². The number of hydrogen-bond acceptors (Lipinski definition) is 2. The highest BCUT2D eigenvalue weighted by Gasteiger charge is 2.30. The van der Waals surface area contributed by atoms with Gasteiger partial charge in [0.25, 0.3) is 12.0 Å². The first-order valence-corrected chi connectivity index (χ1v) is 4.68. The van der Waals surface area contributed by atoms with Crippen molar-refractivity contribution in [2.45, 2.75) is 12.6 Å². The zero-order valence-corrected chi connectivity index (χ0v) is 8.55. The molecule has 18 heavy (non-hydrogen) atoms. The highest BCUT2D eigenvalue weighted by Crippen LogP contribution is 2.30. The summed E-state index contributed by atoms with van der Waals surface area (Å²) in [5.74, 6) is 0. The highest BCUT2D eigenvalue weighted by atomic mass is 19.4. The van der Waals surface area contributed by atoms with Crippen molar-refractivity contribution in [3.05, 3.63) is 39.8 Å². The van der Waals surface area contributed by atoms with Crippen molar-refractivity contribution in [2.75, 3.05) is 0 Å². The summed E-state index contributed by atoms with van der Waals surface area (Å²) in [5.41, 5.74) is -3.56. The van der Waals surface area contributed by atoms with E-state index in [1.807, 2.05) is 4.98 Å². The minimum Gasteiger partial charge on any atom is -0.319 e. The lowest BCUT2D eigenvalue weighted by Crippen LogP contribution is -2.16. The average molecular weight is 264 g/mol. The van der Waals surface area contributed by atoms with Crippen molar-refractivity contribution in [1.29, 1.82) is 0 Å². The van der Waals surface area contributed by atoms with Crippen molar-refractivity contribution < 1.29 is 22.0 Å². The van der Waals surface area contributed by atoms with Crippen molar-refractivity contribution >= 4 is 11.0 Å². The first-order valence-electron chi connectivity index (χ1n) is 4.68. The smallest absolute Gasteiger partial charge is 0.319 e. The Labute approximate surface area is 96.3 Å². The first kappa shape index (κ1) is 12.5. The molecule has 2 aromatic rings. The van der Waals surface area contributed by atoms with Gasteiger partial charge < -0.3 is 4.98 Å². The molecule has 0 saturated heterocycles. The van der Waals surface area contributed by atoms with E-state index in [4.69, 9.17) is 0 Å². The summed E-state index contributed by atoms with van der Waals surface area (Å²) >= 11 is 0. The number of nitrogens with zero attached hydrogens (tertiary/aromatic N) is 1. The van der Waals surface area contributed by atoms with Gasteiger partial charge in [0, 0.05) is 0 Å². The molecule has 0 saturated carbocycles. The van der Waals surface area contributed by atoms with E-state index < -0.39 is 29.4 Å². The molecule has 0 spiro atoms. The molecule has 2 rings (SSSR count). The van der Waals surface area contributed by atoms with E-state index in [-0.39, 0.29) is 11.0 Å². The molecule has 0 unspecified atom stereocenters. The fourth-order valence-electron chi connectivity index (χ4n) is 1.42. The molecule has 0 fully saturated rings. The van der Waals surface area contributed by atoms with Gasteiger partial charge in [-0.25, -0.2) is 13.8 Å². The number of rotatable bonds is 1. The lowest BCUT2D eigenvalue weighted by molar-refractivity contribution is -0.137. The highest BCUT2D eigenvalue weighted by molar-refractivity contribution is 5.75. The van der Waals surface area contributed by atoms with Gasteiger partial charge in [-0.3, -0.25) is 4.79 Å². The summed E-state index contributed by atoms with van der Waals surface area (Å²) in [6.45, 7) is 0. The van der Waals surface area contributed by atoms with Crippen LogP contribution in [0.1, 0.15) is 17.7 Å². The molecule has 0 bridgehead atoms. The largest absolute Gasteiger partial charge is 0.416 e. The van der Waals surface area contributed by atoms with Gasteiger partial charge >= 0.3 is 6.18 Å². The molecule has 0 radical (unpaired) electrons. The Morgan fingerprint density at radius 2 is 1.89 bits per heavy atom. The SMILES string of the molecule is O=c1[nH]c2cc(C(F)(F)F)ccc2nc1C(F)F. The fraction of sp³-hybridized carbons (Fsp3) is 0.200. The second-order valence-electron chi connectivity index (χ2n) is 3.48. The van der Waals surface area contributed by atoms with Gasteiger partial charge in [0.05, 0.1) is 16.6 Å². The number of H-pyrrole nitrogens is 1. The molecule has 0 amide bonds. The lowest BCUT2D eigenvalue weighted by Gasteiger charge is -2.07. The number of aromatic amines is 1. The Morgan fingerprint density at radius 1 is 1.22 bits per heavy atom. The number of alkyl halides is 5. The predicted octanol–water partition coefficient (Wildman–Crippen LogP) is 2.88. The molecule has 1 heterocycles. The van der Waals surface area contributed by atoms with Crippen LogP contribution in [0.2, 0.25) is 0 Å². The van der Waals surface area contributed by atoms with Crippen molar-refractivity contribution in [1.82, 2.24) is 9.97 Å². The maximum atomic E-state index is 12.4. The molecule has 96 valence electrons. The summed E-state index contributed by atoms with van der Waals surface area (Å²) in [7, 11) is 0. The van der Waals surface area contributed by atoms with Crippen LogP contribution in [0, 0.1) is 0 Å². The van der Waals surface area contributed by atoms with Crippen LogP contribution in [0.5, 0.6) is 0 Å². The van der Waals surface area contributed by atoms with Crippen LogP contribution >= 0.6 is 0 Å². The standard InChI is InChI=1S/C10H5F5N2O/c11-8(12)7-9(18)17-6-3-4(10(13,14)15)1-2-5(6)16-7/h1-3,8H,(H,17,18). The van der Waals surface area contributed by atoms with Gasteiger partial charge in [-0.1, -0.05) is 0 Å². The van der Waals surface area contributed by atoms with Crippen molar-refractivity contribution in [2.24, 2.45) is 0 Å². The Bertz CT molecular complexity index is 647. The zero-order chi connectivity index (χ0) is 13.5. The average Bonchev–Trinajstić information content (AvgIpc) is 2.25. The summed E-state index contributed by atoms with van der Waals surface area (Å²) in [6, 6.07) is 2.29. The summed E-state index contributed by atoms with van der Waals surface area (Å²) in [4.78, 5) is 16.4. The van der Waals surface area contributed by atoms with E-state index in [9.17, 15) is 26.7 Å². The lowest BCUT2D eigenvalue weighted by atomic mass is 10.2. The minimum absolute atomic E-state index is 0.127. The maximum Gasteiger partial charge on any atom is 0.416 e. The molecule has 0 aliphatic rings. The Morgan fingerprint density at radius 3 is 2.44 bits per heavy atom. The minimum atomic E-state index is -4.58. The van der Waals surface area contributed by atoms with Crippen LogP contribution in [0.3, 0.4) is 0 Å². The molecule has 1 aromatic heterocycles. The summed E-state index contributed by atoms with van der Waals surface area (Å²) in [5, 5.41) is 0. The number of aromatic nitrogens is 2. The van der Waals surface area contributed by atoms with Crippen molar-refractivity contribution in [3.63, 3.8) is 0 Å². The fourth-order valence-corrected chi connectivity index (χ4v) is 1.42. The maximum absolute atomic E-state index is 12.4. The number of benzene rings is 1. The molecule has 0 atom stereocenters. The van der Waals surface area contributed by atoms with Gasteiger partial charge in [0.1, 0.15) is 0 Å². The third-order valence-corrected chi connectivity index (χ3v) is 2.25. The van der Waals surface area contributed by atoms with E-state index in [2.05, 4.69) is 4.98 Å². The molecule has 1 N–H and O–H groups in total. The van der Waals surface area contributed by atoms with Crippen LogP contribution < -0.4 is 5.56 Å². The van der Waals surface area contributed by atoms with E-state index in [1.54, 1.807) is 0 Å². The van der Waals surface area contributed by atoms with Crippen LogP contribution in [-0.2, 0) is 6.18 Å². The van der Waals surface area contributed by atoms with Gasteiger partial charge in [-0.2, -0.15) is 13.2 Å². The second kappa shape index (κ2) is 4.04. The third kappa shape index (κ3) is 2.18. The third-order valence-electron chi connectivity index (χ3n) is 2.25. The Kier molecular flexibility index (Phi) is 2.80. The number of fused-ring (bicyclic) bond motifs is 1. The second-order valence-corrected chi connectivity index (χ2v) is 3.48. The predicted molar refractivity (Wildman–Crippen MR) is 52.3 cm³/mol. The number of hydrogen-bond donors (Lipinski definition) is 1. The molecular formula is C10H5F5N2O. The molecule has 3 nitrogen and oxygen atoms in total. The van der Waals surface area contributed by atoms with E-state index in [0.29, 0.717) is 12.1 Å². The Hall–Kier alpha value is -1.99. The van der Waals surface area contributed by atoms with E-state index in [0.717, 1.165) is 6.07 Å². The van der Waals surface area contributed by atoms with Crippen LogP contribution in [-0.4, -0.2) is 9.97 Å². The van der Waals surface area contributed by atoms with Gasteiger partial charge in [0.2, 0.25) is 0 Å². The van der Waals surface area contributed by atoms with Gasteiger partial charge in [-0.15, -0.1) is 0 Å². The van der Waals surface area contributed by atoms with Crippen LogP contribution in [0.4, 0.5) is 22.0 Å². The van der Waals surface area contributed by atoms with Gasteiger partial charge in [0.15, 0.2) is 5.69 Å². The molecule has 8 heteroatoms. The van der Waals surface area contributed by atoms with E-state index >= 15 is 0 Å². The number of nitrogens with one attached hydrogen (secondary N) is 1. The quantitative estimate of drug-likeness (QED) is 0.805. The normalized spacial score (nSPS) is 12.3. The molecule has 1 aromatic carbocycles. The molecule has 0 aliphatic carbocycles. The monoisotopic (exact) mass is 264 g/mol. The molecular weight excluding hydrogens is 259 g/mol. The number of halogens is 5. The Balaban J connectivity index is 2.67.